The van der Waals surface area contributed by atoms with Gasteiger partial charge in [-0.3, -0.25) is 0 Å². The average Bonchev–Trinajstić information content (AvgIpc) is 3.44. The highest BCUT2D eigenvalue weighted by atomic mass is 32.2. The average molecular weight is 586 g/mol. The number of ether oxygens (including phenoxy) is 1. The summed E-state index contributed by atoms with van der Waals surface area (Å²) in [5.41, 5.74) is 8.70. The fraction of sp³-hybridized carbons (Fsp3) is 0.135. The number of carboxylic acid groups (broad SMARTS) is 1. The molecule has 0 heterocycles. The molecule has 0 saturated carbocycles. The molecule has 1 aliphatic carbocycles. The van der Waals surface area contributed by atoms with Gasteiger partial charge in [-0.05, 0) is 50.9 Å². The summed E-state index contributed by atoms with van der Waals surface area (Å²) in [6, 6.07) is 43.3. The molecule has 6 rings (SSSR count). The Morgan fingerprint density at radius 3 is 1.84 bits per heavy atom. The zero-order chi connectivity index (χ0) is 29.6. The maximum atomic E-state index is 13.0. The number of carbonyl (C=O) groups excluding carboxylic acids is 1. The molecule has 1 amide bonds. The molecule has 0 saturated heterocycles. The first kappa shape index (κ1) is 28.3. The van der Waals surface area contributed by atoms with Gasteiger partial charge < -0.3 is 15.2 Å². The molecule has 5 aromatic carbocycles. The first-order valence-electron chi connectivity index (χ1n) is 14.2. The summed E-state index contributed by atoms with van der Waals surface area (Å²) >= 11 is 1.48. The van der Waals surface area contributed by atoms with E-state index in [9.17, 15) is 14.7 Å². The van der Waals surface area contributed by atoms with E-state index >= 15 is 0 Å². The summed E-state index contributed by atoms with van der Waals surface area (Å²) in [6.07, 6.45) is 0.0209. The van der Waals surface area contributed by atoms with Gasteiger partial charge in [0.05, 0.1) is 4.75 Å². The van der Waals surface area contributed by atoms with Gasteiger partial charge in [0.25, 0.3) is 0 Å². The number of aliphatic carboxylic acids is 1. The summed E-state index contributed by atoms with van der Waals surface area (Å²) < 4.78 is 4.89. The minimum atomic E-state index is -1.17. The van der Waals surface area contributed by atoms with Gasteiger partial charge in [0.2, 0.25) is 0 Å². The lowest BCUT2D eigenvalue weighted by Gasteiger charge is -2.36. The second kappa shape index (κ2) is 12.6. The first-order valence-corrected chi connectivity index (χ1v) is 15.2. The van der Waals surface area contributed by atoms with Crippen molar-refractivity contribution in [1.82, 2.24) is 5.32 Å². The second-order valence-electron chi connectivity index (χ2n) is 10.5. The van der Waals surface area contributed by atoms with Crippen LogP contribution in [0, 0.1) is 0 Å². The molecule has 0 aliphatic heterocycles. The Kier molecular flexibility index (Phi) is 8.29. The number of benzene rings is 5. The number of nitrogens with one attached hydrogen (secondary N) is 1. The van der Waals surface area contributed by atoms with E-state index in [1.165, 1.54) is 22.9 Å². The predicted octanol–water partition coefficient (Wildman–Crippen LogP) is 7.66. The van der Waals surface area contributed by atoms with Crippen molar-refractivity contribution < 1.29 is 19.4 Å². The lowest BCUT2D eigenvalue weighted by Crippen LogP contribution is -2.44. The molecule has 1 unspecified atom stereocenters. The summed E-state index contributed by atoms with van der Waals surface area (Å²) in [6.45, 7) is 0.0600. The highest BCUT2D eigenvalue weighted by Gasteiger charge is 2.38. The van der Waals surface area contributed by atoms with E-state index in [4.69, 9.17) is 4.74 Å². The fourth-order valence-corrected chi connectivity index (χ4v) is 7.39. The number of carbonyl (C=O) groups is 2. The van der Waals surface area contributed by atoms with Gasteiger partial charge in [0.15, 0.2) is 0 Å². The number of amides is 1. The molecule has 214 valence electrons. The van der Waals surface area contributed by atoms with E-state index in [-0.39, 0.29) is 12.4 Å². The van der Waals surface area contributed by atoms with Gasteiger partial charge in [-0.25, -0.2) is 9.59 Å². The van der Waals surface area contributed by atoms with Crippen LogP contribution in [0.2, 0.25) is 0 Å². The standard InChI is InChI=1S/C37H31NO4S/c39-35(40)34(38-36(41)42-24-27-14-12-22-32-31-21-11-10-13-26(31)23-33(27)32)25-43-37(28-15-4-1-5-16-28,29-17-6-2-7-18-29)30-19-8-3-9-20-30/h1-22,34H,23-25H2,(H,38,41)(H,39,40). The van der Waals surface area contributed by atoms with Gasteiger partial charge in [-0.1, -0.05) is 133 Å². The molecule has 0 radical (unpaired) electrons. The number of thioether (sulfide) groups is 1. The topological polar surface area (TPSA) is 75.6 Å². The third kappa shape index (κ3) is 5.79. The third-order valence-corrected chi connectivity index (χ3v) is 9.54. The van der Waals surface area contributed by atoms with Crippen LogP contribution in [0.25, 0.3) is 11.1 Å². The monoisotopic (exact) mass is 585 g/mol. The van der Waals surface area contributed by atoms with Gasteiger partial charge in [-0.2, -0.15) is 0 Å². The number of alkyl carbamates (subject to hydrolysis) is 1. The van der Waals surface area contributed by atoms with E-state index in [0.29, 0.717) is 0 Å². The van der Waals surface area contributed by atoms with Gasteiger partial charge in [0, 0.05) is 5.75 Å². The van der Waals surface area contributed by atoms with Crippen LogP contribution in [0.15, 0.2) is 133 Å². The molecule has 0 bridgehead atoms. The molecule has 0 aromatic heterocycles. The Morgan fingerprint density at radius 1 is 0.721 bits per heavy atom. The largest absolute Gasteiger partial charge is 0.480 e. The zero-order valence-corrected chi connectivity index (χ0v) is 24.3. The van der Waals surface area contributed by atoms with Crippen LogP contribution in [0.4, 0.5) is 4.79 Å². The molecule has 1 atom stereocenters. The number of carboxylic acids is 1. The minimum Gasteiger partial charge on any atom is -0.480 e. The fourth-order valence-electron chi connectivity index (χ4n) is 5.84. The van der Waals surface area contributed by atoms with Crippen LogP contribution in [-0.4, -0.2) is 29.0 Å². The van der Waals surface area contributed by atoms with Crippen molar-refractivity contribution in [1.29, 1.82) is 0 Å². The van der Waals surface area contributed by atoms with E-state index < -0.39 is 22.9 Å². The highest BCUT2D eigenvalue weighted by Crippen LogP contribution is 2.48. The van der Waals surface area contributed by atoms with Crippen molar-refractivity contribution in [3.05, 3.63) is 167 Å². The Balaban J connectivity index is 1.21. The van der Waals surface area contributed by atoms with E-state index in [1.54, 1.807) is 0 Å². The molecule has 1 aliphatic rings. The second-order valence-corrected chi connectivity index (χ2v) is 11.7. The van der Waals surface area contributed by atoms with Crippen LogP contribution in [0.1, 0.15) is 33.4 Å². The van der Waals surface area contributed by atoms with Crippen molar-refractivity contribution in [3.8, 4) is 11.1 Å². The number of hydrogen-bond donors (Lipinski definition) is 2. The lowest BCUT2D eigenvalue weighted by molar-refractivity contribution is -0.138. The Bertz CT molecular complexity index is 1630. The quantitative estimate of drug-likeness (QED) is 0.161. The Hall–Kier alpha value is -4.81. The maximum Gasteiger partial charge on any atom is 0.408 e. The minimum absolute atomic E-state index is 0.0600. The Labute approximate surface area is 255 Å². The van der Waals surface area contributed by atoms with Crippen LogP contribution in [-0.2, 0) is 27.3 Å². The number of rotatable bonds is 10. The van der Waals surface area contributed by atoms with Crippen LogP contribution in [0.5, 0.6) is 0 Å². The maximum absolute atomic E-state index is 13.0. The van der Waals surface area contributed by atoms with Crippen molar-refractivity contribution in [2.45, 2.75) is 23.8 Å². The van der Waals surface area contributed by atoms with Crippen molar-refractivity contribution in [3.63, 3.8) is 0 Å². The SMILES string of the molecule is O=C(NC(CSC(c1ccccc1)(c1ccccc1)c1ccccc1)C(=O)O)OCc1cccc2c1Cc1ccccc1-2. The highest BCUT2D eigenvalue weighted by molar-refractivity contribution is 8.00. The van der Waals surface area contributed by atoms with E-state index in [2.05, 4.69) is 59.9 Å². The number of hydrogen-bond acceptors (Lipinski definition) is 4. The van der Waals surface area contributed by atoms with E-state index in [1.807, 2.05) is 78.9 Å². The van der Waals surface area contributed by atoms with E-state index in [0.717, 1.165) is 39.8 Å². The van der Waals surface area contributed by atoms with Crippen LogP contribution >= 0.6 is 11.8 Å². The summed E-state index contributed by atoms with van der Waals surface area (Å²) in [5, 5.41) is 12.8. The normalized spacial score (nSPS) is 12.6. The Morgan fingerprint density at radius 2 is 1.26 bits per heavy atom. The van der Waals surface area contributed by atoms with Gasteiger partial charge in [0.1, 0.15) is 12.6 Å². The summed E-state index contributed by atoms with van der Waals surface area (Å²) in [7, 11) is 0. The van der Waals surface area contributed by atoms with Crippen LogP contribution in [0.3, 0.4) is 0 Å². The molecule has 0 spiro atoms. The first-order chi connectivity index (χ1) is 21.1. The van der Waals surface area contributed by atoms with Crippen molar-refractivity contribution >= 4 is 23.8 Å². The molecule has 2 N–H and O–H groups in total. The zero-order valence-electron chi connectivity index (χ0n) is 23.5. The molecule has 5 aromatic rings. The molecular formula is C37H31NO4S. The third-order valence-electron chi connectivity index (χ3n) is 7.90. The molecular weight excluding hydrogens is 554 g/mol. The van der Waals surface area contributed by atoms with Crippen molar-refractivity contribution in [2.24, 2.45) is 0 Å². The predicted molar refractivity (Wildman–Crippen MR) is 171 cm³/mol. The lowest BCUT2D eigenvalue weighted by atomic mass is 9.84. The molecule has 0 fully saturated rings. The summed E-state index contributed by atoms with van der Waals surface area (Å²) in [4.78, 5) is 25.4. The molecule has 5 nitrogen and oxygen atoms in total. The summed E-state index contributed by atoms with van der Waals surface area (Å²) in [5.74, 6) is -1.01. The van der Waals surface area contributed by atoms with Crippen molar-refractivity contribution in [2.75, 3.05) is 5.75 Å². The van der Waals surface area contributed by atoms with Gasteiger partial charge in [-0.15, -0.1) is 11.8 Å². The smallest absolute Gasteiger partial charge is 0.408 e. The van der Waals surface area contributed by atoms with Crippen LogP contribution < -0.4 is 5.32 Å². The number of fused-ring (bicyclic) bond motifs is 3. The molecule has 43 heavy (non-hydrogen) atoms. The molecule has 6 heteroatoms. The van der Waals surface area contributed by atoms with Gasteiger partial charge >= 0.3 is 12.1 Å².